The topological polar surface area (TPSA) is 62.0 Å². The van der Waals surface area contributed by atoms with Crippen LogP contribution in [-0.4, -0.2) is 56.3 Å². The first-order chi connectivity index (χ1) is 11.9. The van der Waals surface area contributed by atoms with Gasteiger partial charge in [0.15, 0.2) is 5.96 Å². The van der Waals surface area contributed by atoms with Crippen molar-refractivity contribution in [2.75, 3.05) is 39.3 Å². The van der Waals surface area contributed by atoms with Crippen LogP contribution in [0.15, 0.2) is 27.8 Å². The highest BCUT2D eigenvalue weighted by Gasteiger charge is 2.25. The number of hydrogen-bond donors (Lipinski definition) is 2. The Labute approximate surface area is 144 Å². The van der Waals surface area contributed by atoms with Gasteiger partial charge in [-0.15, -0.1) is 0 Å². The minimum absolute atomic E-state index is 0.223. The van der Waals surface area contributed by atoms with Crippen molar-refractivity contribution in [3.05, 3.63) is 24.2 Å². The molecule has 0 spiro atoms. The molecule has 2 aliphatic rings. The summed E-state index contributed by atoms with van der Waals surface area (Å²) in [5.74, 6) is 1.87. The van der Waals surface area contributed by atoms with Crippen molar-refractivity contribution < 1.29 is 9.15 Å². The van der Waals surface area contributed by atoms with Gasteiger partial charge in [-0.25, -0.2) is 0 Å². The maximum absolute atomic E-state index is 5.68. The molecule has 0 saturated carbocycles. The molecule has 0 aromatic carbocycles. The van der Waals surface area contributed by atoms with Gasteiger partial charge >= 0.3 is 0 Å². The molecule has 2 aliphatic heterocycles. The smallest absolute Gasteiger partial charge is 0.191 e. The van der Waals surface area contributed by atoms with Crippen LogP contribution in [0.5, 0.6) is 0 Å². The molecule has 6 nitrogen and oxygen atoms in total. The van der Waals surface area contributed by atoms with E-state index < -0.39 is 0 Å². The van der Waals surface area contributed by atoms with Crippen LogP contribution in [0.4, 0.5) is 0 Å². The Morgan fingerprint density at radius 3 is 2.88 bits per heavy atom. The van der Waals surface area contributed by atoms with E-state index in [4.69, 9.17) is 14.1 Å². The first-order valence-corrected chi connectivity index (χ1v) is 9.28. The fraction of sp³-hybridized carbons (Fsp3) is 0.722. The van der Waals surface area contributed by atoms with Crippen LogP contribution in [0.1, 0.15) is 44.4 Å². The van der Waals surface area contributed by atoms with Crippen molar-refractivity contribution in [3.63, 3.8) is 0 Å². The second kappa shape index (κ2) is 9.08. The molecule has 2 N–H and O–H groups in total. The highest BCUT2D eigenvalue weighted by Crippen LogP contribution is 2.25. The molecule has 0 bridgehead atoms. The largest absolute Gasteiger partial charge is 0.468 e. The summed E-state index contributed by atoms with van der Waals surface area (Å²) in [4.78, 5) is 7.29. The predicted octanol–water partition coefficient (Wildman–Crippen LogP) is 2.15. The lowest BCUT2D eigenvalue weighted by Gasteiger charge is -2.24. The Balaban J connectivity index is 1.60. The van der Waals surface area contributed by atoms with E-state index in [1.807, 2.05) is 6.07 Å². The molecule has 1 aromatic heterocycles. The van der Waals surface area contributed by atoms with E-state index >= 15 is 0 Å². The van der Waals surface area contributed by atoms with Gasteiger partial charge in [-0.1, -0.05) is 0 Å². The standard InChI is InChI=1S/C18H30N4O2/c1-2-19-18(20-13-15-7-5-11-23-15)21-14-16(17-8-6-12-24-17)22-9-3-4-10-22/h6,8,12,15-16H,2-5,7,9-11,13-14H2,1H3,(H2,19,20,21). The monoisotopic (exact) mass is 334 g/mol. The number of furan rings is 1. The summed E-state index contributed by atoms with van der Waals surface area (Å²) in [7, 11) is 0. The zero-order chi connectivity index (χ0) is 16.6. The minimum Gasteiger partial charge on any atom is -0.468 e. The summed E-state index contributed by atoms with van der Waals surface area (Å²) in [6.07, 6.45) is 6.89. The second-order valence-electron chi connectivity index (χ2n) is 6.51. The summed E-state index contributed by atoms with van der Waals surface area (Å²) in [6, 6.07) is 4.24. The van der Waals surface area contributed by atoms with Crippen LogP contribution in [0.2, 0.25) is 0 Å². The molecule has 0 aliphatic carbocycles. The molecular weight excluding hydrogens is 304 g/mol. The number of guanidine groups is 1. The first kappa shape index (κ1) is 17.3. The van der Waals surface area contributed by atoms with Crippen molar-refractivity contribution in [2.45, 2.75) is 44.8 Å². The average molecular weight is 334 g/mol. The number of hydrogen-bond acceptors (Lipinski definition) is 4. The van der Waals surface area contributed by atoms with Gasteiger partial charge in [-0.3, -0.25) is 9.89 Å². The van der Waals surface area contributed by atoms with E-state index in [9.17, 15) is 0 Å². The molecule has 2 unspecified atom stereocenters. The molecule has 2 fully saturated rings. The van der Waals surface area contributed by atoms with Crippen LogP contribution in [0.25, 0.3) is 0 Å². The number of nitrogens with one attached hydrogen (secondary N) is 2. The number of aliphatic imine (C=N–C) groups is 1. The lowest BCUT2D eigenvalue weighted by molar-refractivity contribution is 0.113. The Hall–Kier alpha value is -1.53. The lowest BCUT2D eigenvalue weighted by Crippen LogP contribution is -2.41. The Bertz CT molecular complexity index is 491. The first-order valence-electron chi connectivity index (χ1n) is 9.28. The highest BCUT2D eigenvalue weighted by molar-refractivity contribution is 5.79. The van der Waals surface area contributed by atoms with E-state index in [2.05, 4.69) is 28.5 Å². The van der Waals surface area contributed by atoms with E-state index in [0.29, 0.717) is 12.6 Å². The van der Waals surface area contributed by atoms with E-state index in [1.54, 1.807) is 6.26 Å². The average Bonchev–Trinajstić information content (AvgIpc) is 3.35. The SMILES string of the molecule is CCNC(=NCC(c1ccco1)N1CCCC1)NCC1CCCO1. The molecule has 2 atom stereocenters. The van der Waals surface area contributed by atoms with Gasteiger partial charge in [0, 0.05) is 19.7 Å². The lowest BCUT2D eigenvalue weighted by atomic mass is 10.2. The second-order valence-corrected chi connectivity index (χ2v) is 6.51. The van der Waals surface area contributed by atoms with Crippen LogP contribution in [0, 0.1) is 0 Å². The molecule has 0 amide bonds. The third kappa shape index (κ3) is 4.74. The maximum Gasteiger partial charge on any atom is 0.191 e. The Morgan fingerprint density at radius 2 is 2.21 bits per heavy atom. The summed E-state index contributed by atoms with van der Waals surface area (Å²) in [5.41, 5.74) is 0. The van der Waals surface area contributed by atoms with Gasteiger partial charge in [-0.2, -0.15) is 0 Å². The summed E-state index contributed by atoms with van der Waals surface area (Å²) < 4.78 is 11.3. The normalized spacial score (nSPS) is 23.5. The van der Waals surface area contributed by atoms with E-state index in [-0.39, 0.29) is 6.04 Å². The van der Waals surface area contributed by atoms with Gasteiger partial charge in [-0.05, 0) is 57.8 Å². The van der Waals surface area contributed by atoms with Crippen molar-refractivity contribution in [2.24, 2.45) is 4.99 Å². The van der Waals surface area contributed by atoms with Gasteiger partial charge in [0.25, 0.3) is 0 Å². The molecule has 134 valence electrons. The molecular formula is C18H30N4O2. The van der Waals surface area contributed by atoms with Gasteiger partial charge in [0.05, 0.1) is 25.0 Å². The fourth-order valence-corrected chi connectivity index (χ4v) is 3.45. The zero-order valence-corrected chi connectivity index (χ0v) is 14.7. The maximum atomic E-state index is 5.68. The van der Waals surface area contributed by atoms with Crippen LogP contribution < -0.4 is 10.6 Å². The number of ether oxygens (including phenoxy) is 1. The summed E-state index contributed by atoms with van der Waals surface area (Å²) >= 11 is 0. The van der Waals surface area contributed by atoms with E-state index in [1.165, 1.54) is 12.8 Å². The fourth-order valence-electron chi connectivity index (χ4n) is 3.45. The summed E-state index contributed by atoms with van der Waals surface area (Å²) in [5, 5.41) is 6.75. The predicted molar refractivity (Wildman–Crippen MR) is 95.2 cm³/mol. The van der Waals surface area contributed by atoms with Gasteiger partial charge in [0.1, 0.15) is 5.76 Å². The van der Waals surface area contributed by atoms with Crippen LogP contribution in [0.3, 0.4) is 0 Å². The molecule has 24 heavy (non-hydrogen) atoms. The zero-order valence-electron chi connectivity index (χ0n) is 14.7. The molecule has 6 heteroatoms. The number of nitrogens with zero attached hydrogens (tertiary/aromatic N) is 2. The Kier molecular flexibility index (Phi) is 6.55. The molecule has 0 radical (unpaired) electrons. The third-order valence-corrected chi connectivity index (χ3v) is 4.74. The van der Waals surface area contributed by atoms with Gasteiger partial charge < -0.3 is 19.8 Å². The van der Waals surface area contributed by atoms with Crippen LogP contribution >= 0.6 is 0 Å². The molecule has 1 aromatic rings. The third-order valence-electron chi connectivity index (χ3n) is 4.74. The van der Waals surface area contributed by atoms with E-state index in [0.717, 1.165) is 57.3 Å². The minimum atomic E-state index is 0.223. The molecule has 3 rings (SSSR count). The van der Waals surface area contributed by atoms with Gasteiger partial charge in [0.2, 0.25) is 0 Å². The van der Waals surface area contributed by atoms with Crippen molar-refractivity contribution in [3.8, 4) is 0 Å². The van der Waals surface area contributed by atoms with Crippen molar-refractivity contribution in [1.82, 2.24) is 15.5 Å². The Morgan fingerprint density at radius 1 is 1.33 bits per heavy atom. The summed E-state index contributed by atoms with van der Waals surface area (Å²) in [6.45, 7) is 7.60. The van der Waals surface area contributed by atoms with Crippen molar-refractivity contribution >= 4 is 5.96 Å². The molecule has 2 saturated heterocycles. The number of rotatable bonds is 7. The molecule has 3 heterocycles. The highest BCUT2D eigenvalue weighted by atomic mass is 16.5. The van der Waals surface area contributed by atoms with Crippen molar-refractivity contribution in [1.29, 1.82) is 0 Å². The number of likely N-dealkylation sites (tertiary alicyclic amines) is 1. The quantitative estimate of drug-likeness (QED) is 0.591. The van der Waals surface area contributed by atoms with Crippen LogP contribution in [-0.2, 0) is 4.74 Å².